The fourth-order valence-electron chi connectivity index (χ4n) is 2.71. The number of hydrogen-bond acceptors (Lipinski definition) is 6. The molecule has 0 aliphatic carbocycles. The normalized spacial score (nSPS) is 19.3. The van der Waals surface area contributed by atoms with Crippen LogP contribution in [0.4, 0.5) is 5.82 Å². The van der Waals surface area contributed by atoms with Crippen LogP contribution in [0, 0.1) is 19.8 Å². The Balaban J connectivity index is 1.71. The molecule has 0 unspecified atom stereocenters. The molecule has 2 aromatic heterocycles. The minimum Gasteiger partial charge on any atom is -0.360 e. The Kier molecular flexibility index (Phi) is 4.75. The van der Waals surface area contributed by atoms with Gasteiger partial charge in [-0.3, -0.25) is 4.79 Å². The van der Waals surface area contributed by atoms with Crippen LogP contribution >= 0.6 is 11.3 Å². The Hall–Kier alpha value is -1.71. The van der Waals surface area contributed by atoms with Crippen LogP contribution in [0.3, 0.4) is 0 Å². The lowest BCUT2D eigenvalue weighted by molar-refractivity contribution is -0.120. The standard InChI is InChI=1S/C15H19N3O4S2/c1-10-8-13(17-22-10)16-15(19)12-4-3-7-18(9-12)24(20,21)14-6-5-11(2)23-14/h5-6,8,12H,3-4,7,9H2,1-2H3,(H,16,17,19)/t12-/m1/s1. The largest absolute Gasteiger partial charge is 0.360 e. The van der Waals surface area contributed by atoms with E-state index in [4.69, 9.17) is 4.52 Å². The molecule has 0 radical (unpaired) electrons. The lowest BCUT2D eigenvalue weighted by Crippen LogP contribution is -2.43. The maximum Gasteiger partial charge on any atom is 0.252 e. The summed E-state index contributed by atoms with van der Waals surface area (Å²) >= 11 is 1.25. The number of aryl methyl sites for hydroxylation is 2. The molecular weight excluding hydrogens is 350 g/mol. The Morgan fingerprint density at radius 2 is 2.21 bits per heavy atom. The maximum absolute atomic E-state index is 12.7. The molecule has 1 fully saturated rings. The molecule has 0 saturated carbocycles. The summed E-state index contributed by atoms with van der Waals surface area (Å²) in [5.74, 6) is 0.328. The third kappa shape index (κ3) is 3.52. The highest BCUT2D eigenvalue weighted by Crippen LogP contribution is 2.28. The topological polar surface area (TPSA) is 92.5 Å². The van der Waals surface area contributed by atoms with Gasteiger partial charge < -0.3 is 9.84 Å². The number of hydrogen-bond donors (Lipinski definition) is 1. The summed E-state index contributed by atoms with van der Waals surface area (Å²) in [7, 11) is -3.54. The molecule has 1 N–H and O–H groups in total. The van der Waals surface area contributed by atoms with Gasteiger partial charge in [-0.05, 0) is 38.8 Å². The van der Waals surface area contributed by atoms with Crippen molar-refractivity contribution in [3.05, 3.63) is 28.8 Å². The molecule has 0 bridgehead atoms. The molecule has 1 atom stereocenters. The zero-order chi connectivity index (χ0) is 17.3. The first-order chi connectivity index (χ1) is 11.4. The molecule has 0 spiro atoms. The van der Waals surface area contributed by atoms with Crippen LogP contribution in [0.2, 0.25) is 0 Å². The Labute approximate surface area is 144 Å². The van der Waals surface area contributed by atoms with Crippen LogP contribution in [0.1, 0.15) is 23.5 Å². The molecule has 3 heterocycles. The van der Waals surface area contributed by atoms with Crippen molar-refractivity contribution >= 4 is 33.1 Å². The van der Waals surface area contributed by atoms with Gasteiger partial charge in [0.2, 0.25) is 5.91 Å². The first kappa shape index (κ1) is 17.1. The zero-order valence-electron chi connectivity index (χ0n) is 13.5. The number of nitrogens with one attached hydrogen (secondary N) is 1. The van der Waals surface area contributed by atoms with E-state index >= 15 is 0 Å². The van der Waals surface area contributed by atoms with Crippen LogP contribution in [-0.4, -0.2) is 36.9 Å². The van der Waals surface area contributed by atoms with Gasteiger partial charge in [0.05, 0.1) is 5.92 Å². The van der Waals surface area contributed by atoms with Gasteiger partial charge in [0, 0.05) is 24.0 Å². The van der Waals surface area contributed by atoms with E-state index in [-0.39, 0.29) is 12.5 Å². The summed E-state index contributed by atoms with van der Waals surface area (Å²) in [6.07, 6.45) is 1.30. The van der Waals surface area contributed by atoms with Gasteiger partial charge in [-0.25, -0.2) is 8.42 Å². The number of rotatable bonds is 4. The van der Waals surface area contributed by atoms with E-state index in [1.54, 1.807) is 25.1 Å². The third-order valence-corrected chi connectivity index (χ3v) is 7.28. The quantitative estimate of drug-likeness (QED) is 0.893. The summed E-state index contributed by atoms with van der Waals surface area (Å²) in [6.45, 7) is 4.23. The fraction of sp³-hybridized carbons (Fsp3) is 0.467. The number of carbonyl (C=O) groups excluding carboxylic acids is 1. The highest BCUT2D eigenvalue weighted by atomic mass is 32.2. The average molecular weight is 369 g/mol. The van der Waals surface area contributed by atoms with E-state index in [9.17, 15) is 13.2 Å². The van der Waals surface area contributed by atoms with Crippen molar-refractivity contribution < 1.29 is 17.7 Å². The predicted molar refractivity (Wildman–Crippen MR) is 90.4 cm³/mol. The lowest BCUT2D eigenvalue weighted by atomic mass is 9.99. The summed E-state index contributed by atoms with van der Waals surface area (Å²) in [4.78, 5) is 13.3. The molecule has 1 saturated heterocycles. The van der Waals surface area contributed by atoms with Crippen LogP contribution < -0.4 is 5.32 Å². The number of amides is 1. The molecule has 0 aromatic carbocycles. The van der Waals surface area contributed by atoms with Crippen molar-refractivity contribution in [2.75, 3.05) is 18.4 Å². The lowest BCUT2D eigenvalue weighted by Gasteiger charge is -2.30. The summed E-state index contributed by atoms with van der Waals surface area (Å²) < 4.78 is 32.1. The minimum absolute atomic E-state index is 0.182. The molecule has 7 nitrogen and oxygen atoms in total. The van der Waals surface area contributed by atoms with Gasteiger partial charge in [-0.1, -0.05) is 5.16 Å². The zero-order valence-corrected chi connectivity index (χ0v) is 15.1. The molecule has 24 heavy (non-hydrogen) atoms. The molecule has 130 valence electrons. The Bertz CT molecular complexity index is 841. The van der Waals surface area contributed by atoms with Crippen molar-refractivity contribution in [3.8, 4) is 0 Å². The van der Waals surface area contributed by atoms with Crippen molar-refractivity contribution in [2.24, 2.45) is 5.92 Å². The van der Waals surface area contributed by atoms with Crippen molar-refractivity contribution in [3.63, 3.8) is 0 Å². The third-order valence-electron chi connectivity index (χ3n) is 3.94. The maximum atomic E-state index is 12.7. The average Bonchev–Trinajstić information content (AvgIpc) is 3.16. The second kappa shape index (κ2) is 6.66. The van der Waals surface area contributed by atoms with Crippen molar-refractivity contribution in [1.29, 1.82) is 0 Å². The fourth-order valence-corrected chi connectivity index (χ4v) is 5.67. The van der Waals surface area contributed by atoms with Crippen molar-refractivity contribution in [1.82, 2.24) is 9.46 Å². The molecule has 9 heteroatoms. The SMILES string of the molecule is Cc1cc(NC(=O)[C@@H]2CCCN(S(=O)(=O)c3ccc(C)s3)C2)no1. The number of sulfonamides is 1. The highest BCUT2D eigenvalue weighted by molar-refractivity contribution is 7.91. The molecule has 1 amide bonds. The van der Waals surface area contributed by atoms with E-state index in [0.717, 1.165) is 4.88 Å². The van der Waals surface area contributed by atoms with Crippen LogP contribution in [0.5, 0.6) is 0 Å². The van der Waals surface area contributed by atoms with E-state index in [0.29, 0.717) is 35.2 Å². The molecule has 1 aliphatic rings. The predicted octanol–water partition coefficient (Wildman–Crippen LogP) is 2.39. The van der Waals surface area contributed by atoms with Gasteiger partial charge >= 0.3 is 0 Å². The van der Waals surface area contributed by atoms with Crippen LogP contribution in [0.25, 0.3) is 0 Å². The minimum atomic E-state index is -3.54. The molecular formula is C15H19N3O4S2. The summed E-state index contributed by atoms with van der Waals surface area (Å²) in [5.41, 5.74) is 0. The van der Waals surface area contributed by atoms with Crippen LogP contribution in [-0.2, 0) is 14.8 Å². The monoisotopic (exact) mass is 369 g/mol. The Morgan fingerprint density at radius 3 is 2.83 bits per heavy atom. The van der Waals surface area contributed by atoms with E-state index in [1.807, 2.05) is 6.92 Å². The second-order valence-electron chi connectivity index (χ2n) is 5.88. The highest BCUT2D eigenvalue weighted by Gasteiger charge is 2.34. The van der Waals surface area contributed by atoms with E-state index in [2.05, 4.69) is 10.5 Å². The second-order valence-corrected chi connectivity index (χ2v) is 9.33. The number of anilines is 1. The van der Waals surface area contributed by atoms with Crippen LogP contribution in [0.15, 0.2) is 26.9 Å². The number of piperidine rings is 1. The number of thiophene rings is 1. The number of nitrogens with zero attached hydrogens (tertiary/aromatic N) is 2. The van der Waals surface area contributed by atoms with E-state index in [1.165, 1.54) is 15.6 Å². The molecule has 2 aromatic rings. The van der Waals surface area contributed by atoms with Gasteiger partial charge in [-0.2, -0.15) is 4.31 Å². The molecule has 1 aliphatic heterocycles. The summed E-state index contributed by atoms with van der Waals surface area (Å²) in [6, 6.07) is 5.04. The summed E-state index contributed by atoms with van der Waals surface area (Å²) in [5, 5.41) is 6.42. The van der Waals surface area contributed by atoms with Gasteiger partial charge in [0.25, 0.3) is 10.0 Å². The molecule has 3 rings (SSSR count). The first-order valence-electron chi connectivity index (χ1n) is 7.67. The van der Waals surface area contributed by atoms with E-state index < -0.39 is 15.9 Å². The number of carbonyl (C=O) groups is 1. The smallest absolute Gasteiger partial charge is 0.252 e. The first-order valence-corrected chi connectivity index (χ1v) is 9.92. The Morgan fingerprint density at radius 1 is 1.42 bits per heavy atom. The number of aromatic nitrogens is 1. The van der Waals surface area contributed by atoms with Gasteiger partial charge in [-0.15, -0.1) is 11.3 Å². The van der Waals surface area contributed by atoms with Crippen molar-refractivity contribution in [2.45, 2.75) is 30.9 Å². The van der Waals surface area contributed by atoms with Gasteiger partial charge in [0.1, 0.15) is 9.97 Å². The van der Waals surface area contributed by atoms with Gasteiger partial charge in [0.15, 0.2) is 5.82 Å².